The molecule has 32 heavy (non-hydrogen) atoms. The minimum Gasteiger partial charge on any atom is -0.355 e. The average Bonchev–Trinajstić information content (AvgIpc) is 2.75. The standard InChI is InChI=1S/C24H18N2O5S/c1-13-7-9-14(10-8-13)25-18-12-19(32(29,30)31)23-21-17(11-20(27)26(23)2)15-5-3-4-6-16(15)24(28)22(18)21/h3-12,25H,1-2H3,(H,29,30,31). The Kier molecular flexibility index (Phi) is 4.34. The van der Waals surface area contributed by atoms with Gasteiger partial charge in [0.15, 0.2) is 5.78 Å². The van der Waals surface area contributed by atoms with E-state index in [0.29, 0.717) is 27.8 Å². The Labute approximate surface area is 183 Å². The quantitative estimate of drug-likeness (QED) is 0.405. The van der Waals surface area contributed by atoms with Crippen molar-refractivity contribution >= 4 is 38.2 Å². The van der Waals surface area contributed by atoms with E-state index in [2.05, 4.69) is 5.32 Å². The lowest BCUT2D eigenvalue weighted by Crippen LogP contribution is -2.23. The smallest absolute Gasteiger partial charge is 0.296 e. The number of ketones is 1. The largest absolute Gasteiger partial charge is 0.355 e. The molecule has 1 aromatic heterocycles. The van der Waals surface area contributed by atoms with Gasteiger partial charge in [0, 0.05) is 29.8 Å². The lowest BCUT2D eigenvalue weighted by atomic mass is 9.83. The molecule has 0 saturated heterocycles. The van der Waals surface area contributed by atoms with Gasteiger partial charge in [-0.05, 0) is 36.2 Å². The molecule has 0 aliphatic heterocycles. The number of carbonyl (C=O) groups excluding carboxylic acids is 1. The Hall–Kier alpha value is -3.75. The molecule has 0 saturated carbocycles. The van der Waals surface area contributed by atoms with Crippen LogP contribution in [0, 0.1) is 6.92 Å². The number of benzene rings is 3. The molecule has 1 aliphatic carbocycles. The van der Waals surface area contributed by atoms with E-state index in [4.69, 9.17) is 0 Å². The minimum absolute atomic E-state index is 0.0118. The average molecular weight is 446 g/mol. The van der Waals surface area contributed by atoms with Crippen LogP contribution in [0.2, 0.25) is 0 Å². The molecule has 1 heterocycles. The maximum Gasteiger partial charge on any atom is 0.296 e. The van der Waals surface area contributed by atoms with Crippen LogP contribution in [0.5, 0.6) is 0 Å². The van der Waals surface area contributed by atoms with Gasteiger partial charge >= 0.3 is 0 Å². The first-order valence-electron chi connectivity index (χ1n) is 9.83. The molecule has 0 amide bonds. The SMILES string of the molecule is Cc1ccc(Nc2cc(S(=O)(=O)O)c3c4c(cc(=O)n3C)-c3ccccc3C(=O)c24)cc1. The zero-order valence-corrected chi connectivity index (χ0v) is 18.0. The number of rotatable bonds is 3. The van der Waals surface area contributed by atoms with Gasteiger partial charge in [-0.15, -0.1) is 0 Å². The van der Waals surface area contributed by atoms with Gasteiger partial charge in [0.25, 0.3) is 15.7 Å². The Morgan fingerprint density at radius 2 is 1.56 bits per heavy atom. The van der Waals surface area contributed by atoms with Crippen molar-refractivity contribution in [2.45, 2.75) is 11.8 Å². The number of nitrogens with zero attached hydrogens (tertiary/aromatic N) is 1. The molecule has 0 atom stereocenters. The maximum absolute atomic E-state index is 13.6. The van der Waals surface area contributed by atoms with E-state index in [1.807, 2.05) is 31.2 Å². The number of anilines is 2. The van der Waals surface area contributed by atoms with Crippen LogP contribution < -0.4 is 10.9 Å². The molecule has 7 nitrogen and oxygen atoms in total. The molecule has 0 radical (unpaired) electrons. The first-order chi connectivity index (χ1) is 15.2. The van der Waals surface area contributed by atoms with Crippen LogP contribution in [-0.2, 0) is 17.2 Å². The molecule has 0 spiro atoms. The summed E-state index contributed by atoms with van der Waals surface area (Å²) in [7, 11) is -3.30. The van der Waals surface area contributed by atoms with E-state index < -0.39 is 20.6 Å². The Morgan fingerprint density at radius 3 is 2.22 bits per heavy atom. The molecule has 2 N–H and O–H groups in total. The Bertz CT molecular complexity index is 1620. The van der Waals surface area contributed by atoms with E-state index in [0.717, 1.165) is 10.1 Å². The lowest BCUT2D eigenvalue weighted by Gasteiger charge is -2.25. The van der Waals surface area contributed by atoms with Crippen LogP contribution in [0.25, 0.3) is 22.0 Å². The number of hydrogen-bond donors (Lipinski definition) is 2. The fraction of sp³-hybridized carbons (Fsp3) is 0.0833. The Morgan fingerprint density at radius 1 is 0.906 bits per heavy atom. The molecule has 0 bridgehead atoms. The lowest BCUT2D eigenvalue weighted by molar-refractivity contribution is 0.104. The summed E-state index contributed by atoms with van der Waals surface area (Å²) < 4.78 is 35.8. The molecular formula is C24H18N2O5S. The molecule has 5 rings (SSSR count). The number of pyridine rings is 1. The third-order valence-electron chi connectivity index (χ3n) is 5.77. The van der Waals surface area contributed by atoms with Crippen LogP contribution in [0.1, 0.15) is 21.5 Å². The van der Waals surface area contributed by atoms with Gasteiger partial charge < -0.3 is 9.88 Å². The van der Waals surface area contributed by atoms with E-state index in [9.17, 15) is 22.6 Å². The van der Waals surface area contributed by atoms with E-state index in [1.54, 1.807) is 24.3 Å². The van der Waals surface area contributed by atoms with Crippen LogP contribution in [0.4, 0.5) is 11.4 Å². The second-order valence-corrected chi connectivity index (χ2v) is 9.21. The fourth-order valence-corrected chi connectivity index (χ4v) is 4.98. The summed E-state index contributed by atoms with van der Waals surface area (Å²) >= 11 is 0. The molecule has 8 heteroatoms. The molecule has 4 aromatic rings. The van der Waals surface area contributed by atoms with Crippen molar-refractivity contribution in [2.24, 2.45) is 7.05 Å². The summed E-state index contributed by atoms with van der Waals surface area (Å²) in [5, 5.41) is 3.43. The van der Waals surface area contributed by atoms with Gasteiger partial charge in [-0.1, -0.05) is 42.0 Å². The molecule has 0 unspecified atom stereocenters. The van der Waals surface area contributed by atoms with Crippen molar-refractivity contribution in [3.63, 3.8) is 0 Å². The van der Waals surface area contributed by atoms with Crippen molar-refractivity contribution in [1.29, 1.82) is 0 Å². The fourth-order valence-electron chi connectivity index (χ4n) is 4.23. The van der Waals surface area contributed by atoms with E-state index in [-0.39, 0.29) is 22.6 Å². The topological polar surface area (TPSA) is 105 Å². The number of carbonyl (C=O) groups is 1. The summed E-state index contributed by atoms with van der Waals surface area (Å²) in [6.45, 7) is 1.94. The highest BCUT2D eigenvalue weighted by Crippen LogP contribution is 2.44. The van der Waals surface area contributed by atoms with Crippen molar-refractivity contribution < 1.29 is 17.8 Å². The third-order valence-corrected chi connectivity index (χ3v) is 6.63. The molecule has 0 fully saturated rings. The van der Waals surface area contributed by atoms with Gasteiger partial charge in [-0.3, -0.25) is 14.1 Å². The van der Waals surface area contributed by atoms with Crippen molar-refractivity contribution in [3.05, 3.63) is 87.7 Å². The first-order valence-corrected chi connectivity index (χ1v) is 11.3. The van der Waals surface area contributed by atoms with Gasteiger partial charge in [-0.25, -0.2) is 0 Å². The molecule has 160 valence electrons. The summed E-state index contributed by atoms with van der Waals surface area (Å²) in [5.41, 5.74) is 3.11. The second kappa shape index (κ2) is 6.88. The highest BCUT2D eigenvalue weighted by Gasteiger charge is 2.32. The van der Waals surface area contributed by atoms with Crippen LogP contribution in [-0.4, -0.2) is 23.3 Å². The van der Waals surface area contributed by atoms with Gasteiger partial charge in [0.2, 0.25) is 0 Å². The van der Waals surface area contributed by atoms with Gasteiger partial charge in [-0.2, -0.15) is 8.42 Å². The third kappa shape index (κ3) is 2.96. The van der Waals surface area contributed by atoms with Crippen LogP contribution in [0.3, 0.4) is 0 Å². The van der Waals surface area contributed by atoms with Crippen molar-refractivity contribution in [3.8, 4) is 11.1 Å². The van der Waals surface area contributed by atoms with Gasteiger partial charge in [0.1, 0.15) is 4.90 Å². The van der Waals surface area contributed by atoms with E-state index in [1.165, 1.54) is 19.2 Å². The molecule has 1 aliphatic rings. The highest BCUT2D eigenvalue weighted by atomic mass is 32.2. The van der Waals surface area contributed by atoms with Crippen molar-refractivity contribution in [1.82, 2.24) is 4.57 Å². The minimum atomic E-state index is -4.71. The maximum atomic E-state index is 13.6. The summed E-state index contributed by atoms with van der Waals surface area (Å²) in [4.78, 5) is 25.8. The molecular weight excluding hydrogens is 428 g/mol. The second-order valence-electron chi connectivity index (χ2n) is 7.82. The number of hydrogen-bond acceptors (Lipinski definition) is 5. The number of fused-ring (bicyclic) bond motifs is 2. The number of aromatic nitrogens is 1. The predicted octanol–water partition coefficient (Wildman–Crippen LogP) is 4.05. The monoisotopic (exact) mass is 446 g/mol. The number of aryl methyl sites for hydroxylation is 2. The Balaban J connectivity index is 1.97. The van der Waals surface area contributed by atoms with Crippen molar-refractivity contribution in [2.75, 3.05) is 5.32 Å². The van der Waals surface area contributed by atoms with Crippen LogP contribution in [0.15, 0.2) is 70.4 Å². The first kappa shape index (κ1) is 20.2. The molecule has 3 aromatic carbocycles. The zero-order chi connectivity index (χ0) is 22.8. The summed E-state index contributed by atoms with van der Waals surface area (Å²) in [6, 6.07) is 16.9. The zero-order valence-electron chi connectivity index (χ0n) is 17.2. The van der Waals surface area contributed by atoms with Gasteiger partial charge in [0.05, 0.1) is 16.8 Å². The number of nitrogens with one attached hydrogen (secondary N) is 1. The van der Waals surface area contributed by atoms with E-state index >= 15 is 0 Å². The summed E-state index contributed by atoms with van der Waals surface area (Å²) in [6.07, 6.45) is 0. The predicted molar refractivity (Wildman–Crippen MR) is 122 cm³/mol. The highest BCUT2D eigenvalue weighted by molar-refractivity contribution is 7.86. The van der Waals surface area contributed by atoms with Crippen LogP contribution >= 0.6 is 0 Å². The normalized spacial score (nSPS) is 12.7. The summed E-state index contributed by atoms with van der Waals surface area (Å²) in [5.74, 6) is -0.298.